The van der Waals surface area contributed by atoms with Crippen molar-refractivity contribution in [2.24, 2.45) is 0 Å². The van der Waals surface area contributed by atoms with Gasteiger partial charge in [-0.05, 0) is 66.1 Å². The SMILES string of the molecule is O=C([O-])c1cc(Cc2ccc(NC(=O)c3cccnc3Cl)c(C(=O)[O-])c2)ccc1NC(=O)c1cccnc1Cl.[Na+].[Na+]. The van der Waals surface area contributed by atoms with E-state index < -0.39 is 23.8 Å². The van der Waals surface area contributed by atoms with E-state index in [1.807, 2.05) is 0 Å². The molecular weight excluding hydrogens is 593 g/mol. The number of rotatable bonds is 8. The van der Waals surface area contributed by atoms with Gasteiger partial charge in [0.05, 0.1) is 34.4 Å². The molecule has 2 aromatic carbocycles. The zero-order chi connectivity index (χ0) is 28.1. The van der Waals surface area contributed by atoms with E-state index in [4.69, 9.17) is 23.2 Å². The Morgan fingerprint density at radius 2 is 1.02 bits per heavy atom. The zero-order valence-electron chi connectivity index (χ0n) is 21.7. The number of carbonyl (C=O) groups excluding carboxylic acids is 4. The molecule has 4 aromatic rings. The first-order valence-electron chi connectivity index (χ1n) is 11.2. The van der Waals surface area contributed by atoms with Crippen molar-refractivity contribution in [3.05, 3.63) is 117 Å². The summed E-state index contributed by atoms with van der Waals surface area (Å²) in [5.41, 5.74) is 0.444. The molecule has 2 aromatic heterocycles. The molecule has 4 rings (SSSR count). The number of nitrogens with zero attached hydrogens (tertiary/aromatic N) is 2. The number of hydrogen-bond donors (Lipinski definition) is 2. The fraction of sp³-hybridized carbons (Fsp3) is 0.0370. The van der Waals surface area contributed by atoms with Gasteiger partial charge in [0.25, 0.3) is 11.8 Å². The Balaban J connectivity index is 0.00000294. The number of carboxylic acids is 2. The summed E-state index contributed by atoms with van der Waals surface area (Å²) in [5, 5.41) is 28.5. The van der Waals surface area contributed by atoms with Gasteiger partial charge in [-0.1, -0.05) is 35.3 Å². The summed E-state index contributed by atoms with van der Waals surface area (Å²) in [5.74, 6) is -4.39. The van der Waals surface area contributed by atoms with Crippen molar-refractivity contribution in [1.82, 2.24) is 9.97 Å². The first-order chi connectivity index (χ1) is 18.6. The second-order valence-corrected chi connectivity index (χ2v) is 8.82. The van der Waals surface area contributed by atoms with E-state index in [1.165, 1.54) is 60.9 Å². The molecule has 0 aliphatic heterocycles. The molecule has 0 saturated heterocycles. The van der Waals surface area contributed by atoms with Gasteiger partial charge in [-0.3, -0.25) is 9.59 Å². The van der Waals surface area contributed by atoms with Crippen LogP contribution in [0.1, 0.15) is 52.6 Å². The Bertz CT molecular complexity index is 1520. The van der Waals surface area contributed by atoms with E-state index >= 15 is 0 Å². The number of carboxylic acid groups (broad SMARTS) is 2. The van der Waals surface area contributed by atoms with Gasteiger partial charge < -0.3 is 30.4 Å². The molecule has 2 N–H and O–H groups in total. The molecular formula is C27H16Cl2N4Na2O6. The Labute approximate surface area is 288 Å². The predicted molar refractivity (Wildman–Crippen MR) is 139 cm³/mol. The molecule has 0 atom stereocenters. The van der Waals surface area contributed by atoms with E-state index in [0.717, 1.165) is 0 Å². The van der Waals surface area contributed by atoms with Crippen LogP contribution in [0.2, 0.25) is 10.3 Å². The largest absolute Gasteiger partial charge is 1.00 e. The van der Waals surface area contributed by atoms with Gasteiger partial charge in [-0.2, -0.15) is 0 Å². The predicted octanol–water partition coefficient (Wildman–Crippen LogP) is -3.39. The van der Waals surface area contributed by atoms with Crippen LogP contribution in [-0.4, -0.2) is 33.7 Å². The molecule has 2 heterocycles. The second kappa shape index (κ2) is 15.4. The molecule has 0 aliphatic rings. The normalized spacial score (nSPS) is 10.0. The Kier molecular flexibility index (Phi) is 13.0. The van der Waals surface area contributed by atoms with Crippen LogP contribution < -0.4 is 80.0 Å². The van der Waals surface area contributed by atoms with Gasteiger partial charge in [-0.15, -0.1) is 0 Å². The van der Waals surface area contributed by atoms with Crippen molar-refractivity contribution in [2.75, 3.05) is 10.6 Å². The number of nitrogens with one attached hydrogen (secondary N) is 2. The summed E-state index contributed by atoms with van der Waals surface area (Å²) in [4.78, 5) is 56.3. The molecule has 196 valence electrons. The maximum atomic E-state index is 12.6. The molecule has 2 amide bonds. The van der Waals surface area contributed by atoms with Gasteiger partial charge in [0, 0.05) is 23.5 Å². The third kappa shape index (κ3) is 8.60. The number of carbonyl (C=O) groups is 4. The van der Waals surface area contributed by atoms with Crippen molar-refractivity contribution in [3.63, 3.8) is 0 Å². The summed E-state index contributed by atoms with van der Waals surface area (Å²) in [6, 6.07) is 14.4. The smallest absolute Gasteiger partial charge is 0.545 e. The van der Waals surface area contributed by atoms with Crippen molar-refractivity contribution in [1.29, 1.82) is 0 Å². The maximum absolute atomic E-state index is 12.6. The molecule has 10 nitrogen and oxygen atoms in total. The third-order valence-electron chi connectivity index (χ3n) is 5.52. The standard InChI is InChI=1S/C27H18Cl2N4O6.2Na/c28-22-16(3-1-9-30-22)24(34)32-20-7-5-14(12-18(20)26(36)37)11-15-6-8-21(19(13-15)27(38)39)33-25(35)17-4-2-10-31-23(17)29;;/h1-10,12-13H,11H2,(H,32,34)(H,33,35)(H,36,37)(H,38,39);;/q;2*+1/p-2. The number of pyridine rings is 2. The average molecular weight is 609 g/mol. The summed E-state index contributed by atoms with van der Waals surface area (Å²) in [6.07, 6.45) is 2.93. The third-order valence-corrected chi connectivity index (χ3v) is 6.12. The minimum Gasteiger partial charge on any atom is -0.545 e. The van der Waals surface area contributed by atoms with Crippen LogP contribution in [0.5, 0.6) is 0 Å². The molecule has 0 saturated carbocycles. The van der Waals surface area contributed by atoms with Gasteiger partial charge in [0.1, 0.15) is 10.3 Å². The minimum atomic E-state index is -1.54. The molecule has 0 unspecified atom stereocenters. The summed E-state index contributed by atoms with van der Waals surface area (Å²) < 4.78 is 0. The van der Waals surface area contributed by atoms with Crippen molar-refractivity contribution in [2.45, 2.75) is 6.42 Å². The van der Waals surface area contributed by atoms with Gasteiger partial charge in [-0.25, -0.2) is 9.97 Å². The number of amides is 2. The number of aromatic carboxylic acids is 2. The number of aromatic nitrogens is 2. The molecule has 0 radical (unpaired) electrons. The van der Waals surface area contributed by atoms with Crippen LogP contribution in [-0.2, 0) is 6.42 Å². The van der Waals surface area contributed by atoms with E-state index in [-0.39, 0.29) is 109 Å². The van der Waals surface area contributed by atoms with E-state index in [0.29, 0.717) is 11.1 Å². The van der Waals surface area contributed by atoms with Crippen LogP contribution in [0.15, 0.2) is 73.1 Å². The van der Waals surface area contributed by atoms with Crippen molar-refractivity contribution >= 4 is 58.3 Å². The van der Waals surface area contributed by atoms with Crippen LogP contribution in [0.4, 0.5) is 11.4 Å². The fourth-order valence-electron chi connectivity index (χ4n) is 3.68. The summed E-state index contributed by atoms with van der Waals surface area (Å²) in [6.45, 7) is 0. The fourth-order valence-corrected chi connectivity index (χ4v) is 4.09. The van der Waals surface area contributed by atoms with E-state index in [1.54, 1.807) is 12.1 Å². The molecule has 41 heavy (non-hydrogen) atoms. The molecule has 0 fully saturated rings. The second-order valence-electron chi connectivity index (χ2n) is 8.10. The number of anilines is 2. The van der Waals surface area contributed by atoms with Crippen molar-refractivity contribution in [3.8, 4) is 0 Å². The molecule has 14 heteroatoms. The summed E-state index contributed by atoms with van der Waals surface area (Å²) in [7, 11) is 0. The van der Waals surface area contributed by atoms with Crippen LogP contribution in [0.25, 0.3) is 0 Å². The quantitative estimate of drug-likeness (QED) is 0.154. The number of benzene rings is 2. The van der Waals surface area contributed by atoms with E-state index in [2.05, 4.69) is 20.6 Å². The molecule has 0 bridgehead atoms. The van der Waals surface area contributed by atoms with Gasteiger partial charge in [0.2, 0.25) is 0 Å². The van der Waals surface area contributed by atoms with Gasteiger partial charge in [0.15, 0.2) is 0 Å². The Hall–Kier alpha value is -2.80. The number of halogens is 2. The van der Waals surface area contributed by atoms with Crippen molar-refractivity contribution < 1.29 is 88.5 Å². The van der Waals surface area contributed by atoms with E-state index in [9.17, 15) is 29.4 Å². The monoisotopic (exact) mass is 608 g/mol. The van der Waals surface area contributed by atoms with Crippen LogP contribution in [0.3, 0.4) is 0 Å². The molecule has 0 aliphatic carbocycles. The summed E-state index contributed by atoms with van der Waals surface area (Å²) >= 11 is 11.9. The zero-order valence-corrected chi connectivity index (χ0v) is 27.2. The van der Waals surface area contributed by atoms with Crippen LogP contribution >= 0.6 is 23.2 Å². The first-order valence-corrected chi connectivity index (χ1v) is 11.9. The topological polar surface area (TPSA) is 164 Å². The average Bonchev–Trinajstić information content (AvgIpc) is 2.90. The van der Waals surface area contributed by atoms with Gasteiger partial charge >= 0.3 is 59.1 Å². The first kappa shape index (κ1) is 34.4. The Morgan fingerprint density at radius 1 is 0.634 bits per heavy atom. The minimum absolute atomic E-state index is 0. The Morgan fingerprint density at radius 3 is 1.37 bits per heavy atom. The maximum Gasteiger partial charge on any atom is 1.00 e. The van der Waals surface area contributed by atoms with Crippen LogP contribution in [0, 0.1) is 0 Å². The molecule has 0 spiro atoms. The number of hydrogen-bond acceptors (Lipinski definition) is 8.